The number of carboxylic acid groups (broad SMARTS) is 1. The minimum atomic E-state index is -1.08. The number of thiazole rings is 1. The number of nitrogens with zero attached hydrogens (tertiary/aromatic N) is 1. The van der Waals surface area contributed by atoms with Crippen molar-refractivity contribution in [3.8, 4) is 27.6 Å². The third-order valence-corrected chi connectivity index (χ3v) is 4.76. The summed E-state index contributed by atoms with van der Waals surface area (Å²) in [5, 5.41) is 12.0. The molecule has 2 heterocycles. The molecule has 6 nitrogen and oxygen atoms in total. The van der Waals surface area contributed by atoms with E-state index in [2.05, 4.69) is 4.98 Å². The molecule has 0 aliphatic rings. The zero-order valence-corrected chi connectivity index (χ0v) is 14.7. The summed E-state index contributed by atoms with van der Waals surface area (Å²) in [6.07, 6.45) is 0. The Labute approximate surface area is 157 Å². The van der Waals surface area contributed by atoms with Gasteiger partial charge in [-0.05, 0) is 18.2 Å². The van der Waals surface area contributed by atoms with Gasteiger partial charge in [-0.3, -0.25) is 0 Å². The second kappa shape index (κ2) is 7.05. The van der Waals surface area contributed by atoms with Crippen LogP contribution in [0.2, 0.25) is 0 Å². The molecule has 0 aliphatic carbocycles. The quantitative estimate of drug-likeness (QED) is 0.526. The summed E-state index contributed by atoms with van der Waals surface area (Å²) < 4.78 is 10.5. The molecular weight excluding hydrogens is 366 g/mol. The van der Waals surface area contributed by atoms with Gasteiger partial charge in [-0.15, -0.1) is 11.3 Å². The Kier molecular flexibility index (Phi) is 4.43. The highest BCUT2D eigenvalue weighted by atomic mass is 32.1. The fourth-order valence-electron chi connectivity index (χ4n) is 2.62. The molecule has 0 radical (unpaired) electrons. The Bertz CT molecular complexity index is 1180. The lowest BCUT2D eigenvalue weighted by atomic mass is 10.1. The number of benzene rings is 2. The Hall–Kier alpha value is -3.45. The van der Waals surface area contributed by atoms with Gasteiger partial charge in [0.1, 0.15) is 16.3 Å². The molecule has 1 N–H and O–H groups in total. The van der Waals surface area contributed by atoms with Gasteiger partial charge in [0.05, 0.1) is 11.3 Å². The van der Waals surface area contributed by atoms with Crippen molar-refractivity contribution < 1.29 is 19.1 Å². The summed E-state index contributed by atoms with van der Waals surface area (Å²) in [5.41, 5.74) is 1.73. The van der Waals surface area contributed by atoms with Crippen LogP contribution in [0.4, 0.5) is 0 Å². The first-order chi connectivity index (χ1) is 13.1. The highest BCUT2D eigenvalue weighted by molar-refractivity contribution is 7.13. The van der Waals surface area contributed by atoms with Crippen molar-refractivity contribution in [2.24, 2.45) is 0 Å². The van der Waals surface area contributed by atoms with Gasteiger partial charge >= 0.3 is 11.6 Å². The lowest BCUT2D eigenvalue weighted by Gasteiger charge is -2.05. The Morgan fingerprint density at radius 1 is 1.15 bits per heavy atom. The lowest BCUT2D eigenvalue weighted by molar-refractivity contribution is -0.139. The Morgan fingerprint density at radius 2 is 1.96 bits per heavy atom. The minimum Gasteiger partial charge on any atom is -0.482 e. The Balaban J connectivity index is 1.70. The number of aromatic nitrogens is 1. The van der Waals surface area contributed by atoms with Gasteiger partial charge in [-0.2, -0.15) is 0 Å². The SMILES string of the molecule is O=C(O)COc1ccc2cc(-c3csc(-c4ccccc4)n3)c(=O)oc2c1. The maximum atomic E-state index is 12.4. The number of carbonyl (C=O) groups is 1. The van der Waals surface area contributed by atoms with Crippen LogP contribution < -0.4 is 10.4 Å². The van der Waals surface area contributed by atoms with Crippen molar-refractivity contribution in [2.45, 2.75) is 0 Å². The van der Waals surface area contributed by atoms with Crippen LogP contribution in [0.3, 0.4) is 0 Å². The van der Waals surface area contributed by atoms with Gasteiger partial charge in [-0.1, -0.05) is 30.3 Å². The highest BCUT2D eigenvalue weighted by Crippen LogP contribution is 2.29. The highest BCUT2D eigenvalue weighted by Gasteiger charge is 2.13. The van der Waals surface area contributed by atoms with Crippen LogP contribution in [0, 0.1) is 0 Å². The van der Waals surface area contributed by atoms with Crippen LogP contribution >= 0.6 is 11.3 Å². The van der Waals surface area contributed by atoms with E-state index in [0.29, 0.717) is 28.0 Å². The van der Waals surface area contributed by atoms with Crippen LogP contribution in [-0.4, -0.2) is 22.7 Å². The van der Waals surface area contributed by atoms with Crippen LogP contribution in [0.5, 0.6) is 5.75 Å². The van der Waals surface area contributed by atoms with Crippen molar-refractivity contribution in [2.75, 3.05) is 6.61 Å². The zero-order chi connectivity index (χ0) is 18.8. The second-order valence-corrected chi connectivity index (χ2v) is 6.59. The number of aliphatic carboxylic acids is 1. The normalized spacial score (nSPS) is 10.8. The zero-order valence-electron chi connectivity index (χ0n) is 13.9. The van der Waals surface area contributed by atoms with Gasteiger partial charge in [0.25, 0.3) is 0 Å². The number of rotatable bonds is 5. The fourth-order valence-corrected chi connectivity index (χ4v) is 3.44. The van der Waals surface area contributed by atoms with E-state index in [1.807, 2.05) is 35.7 Å². The minimum absolute atomic E-state index is 0.320. The van der Waals surface area contributed by atoms with Gasteiger partial charge in [0, 0.05) is 22.4 Å². The molecule has 27 heavy (non-hydrogen) atoms. The number of fused-ring (bicyclic) bond motifs is 1. The van der Waals surface area contributed by atoms with E-state index in [0.717, 1.165) is 10.6 Å². The summed E-state index contributed by atoms with van der Waals surface area (Å²) >= 11 is 1.46. The molecule has 0 fully saturated rings. The van der Waals surface area contributed by atoms with Gasteiger partial charge in [0.15, 0.2) is 6.61 Å². The number of hydrogen-bond acceptors (Lipinski definition) is 6. The van der Waals surface area contributed by atoms with Crippen LogP contribution in [0.25, 0.3) is 32.8 Å². The molecule has 134 valence electrons. The van der Waals surface area contributed by atoms with Crippen LogP contribution in [0.1, 0.15) is 0 Å². The van der Waals surface area contributed by atoms with Crippen molar-refractivity contribution >= 4 is 28.3 Å². The first-order valence-corrected chi connectivity index (χ1v) is 8.92. The van der Waals surface area contributed by atoms with E-state index in [1.165, 1.54) is 17.4 Å². The predicted molar refractivity (Wildman–Crippen MR) is 102 cm³/mol. The summed E-state index contributed by atoms with van der Waals surface area (Å²) in [6.45, 7) is -0.463. The van der Waals surface area contributed by atoms with E-state index in [-0.39, 0.29) is 0 Å². The van der Waals surface area contributed by atoms with Crippen LogP contribution in [-0.2, 0) is 4.79 Å². The van der Waals surface area contributed by atoms with E-state index in [9.17, 15) is 9.59 Å². The van der Waals surface area contributed by atoms with Crippen molar-refractivity contribution in [3.63, 3.8) is 0 Å². The summed E-state index contributed by atoms with van der Waals surface area (Å²) in [6, 6.07) is 16.3. The largest absolute Gasteiger partial charge is 0.482 e. The van der Waals surface area contributed by atoms with Gasteiger partial charge < -0.3 is 14.3 Å². The van der Waals surface area contributed by atoms with Crippen molar-refractivity contribution in [1.29, 1.82) is 0 Å². The topological polar surface area (TPSA) is 89.6 Å². The first-order valence-electron chi connectivity index (χ1n) is 8.04. The average molecular weight is 379 g/mol. The van der Waals surface area contributed by atoms with E-state index < -0.39 is 18.2 Å². The fraction of sp³-hybridized carbons (Fsp3) is 0.0500. The predicted octanol–water partition coefficient (Wildman–Crippen LogP) is 4.05. The Morgan fingerprint density at radius 3 is 2.74 bits per heavy atom. The van der Waals surface area contributed by atoms with E-state index in [1.54, 1.807) is 18.2 Å². The molecule has 0 aliphatic heterocycles. The smallest absolute Gasteiger partial charge is 0.345 e. The summed E-state index contributed by atoms with van der Waals surface area (Å²) in [5.74, 6) is -0.759. The molecule has 0 saturated heterocycles. The van der Waals surface area contributed by atoms with E-state index in [4.69, 9.17) is 14.3 Å². The summed E-state index contributed by atoms with van der Waals surface area (Å²) in [4.78, 5) is 27.6. The molecule has 0 unspecified atom stereocenters. The molecule has 4 aromatic rings. The van der Waals surface area contributed by atoms with E-state index >= 15 is 0 Å². The second-order valence-electron chi connectivity index (χ2n) is 5.73. The molecule has 0 amide bonds. The van der Waals surface area contributed by atoms with Crippen molar-refractivity contribution in [1.82, 2.24) is 4.98 Å². The molecular formula is C20H13NO5S. The third-order valence-electron chi connectivity index (χ3n) is 3.87. The average Bonchev–Trinajstić information content (AvgIpc) is 3.16. The molecule has 7 heteroatoms. The maximum Gasteiger partial charge on any atom is 0.345 e. The molecule has 0 atom stereocenters. The molecule has 4 rings (SSSR count). The molecule has 0 spiro atoms. The number of carboxylic acids is 1. The molecule has 2 aromatic heterocycles. The monoisotopic (exact) mass is 379 g/mol. The standard InChI is InChI=1S/C20H13NO5S/c22-18(23)10-25-14-7-6-13-8-15(20(24)26-17(13)9-14)16-11-27-19(21-16)12-4-2-1-3-5-12/h1-9,11H,10H2,(H,22,23). The number of hydrogen-bond donors (Lipinski definition) is 1. The molecule has 2 aromatic carbocycles. The van der Waals surface area contributed by atoms with Crippen molar-refractivity contribution in [3.05, 3.63) is 70.4 Å². The number of ether oxygens (including phenoxy) is 1. The lowest BCUT2D eigenvalue weighted by Crippen LogP contribution is -2.09. The summed E-state index contributed by atoms with van der Waals surface area (Å²) in [7, 11) is 0. The maximum absolute atomic E-state index is 12.4. The molecule has 0 saturated carbocycles. The first kappa shape index (κ1) is 17.0. The van der Waals surface area contributed by atoms with Gasteiger partial charge in [-0.25, -0.2) is 14.6 Å². The van der Waals surface area contributed by atoms with Gasteiger partial charge in [0.2, 0.25) is 0 Å². The third kappa shape index (κ3) is 3.58. The van der Waals surface area contributed by atoms with Crippen LogP contribution in [0.15, 0.2) is 69.2 Å². The molecule has 0 bridgehead atoms.